The molecule has 7 heteroatoms. The summed E-state index contributed by atoms with van der Waals surface area (Å²) in [6.45, 7) is 1.49. The Morgan fingerprint density at radius 2 is 2.35 bits per heavy atom. The summed E-state index contributed by atoms with van der Waals surface area (Å²) in [5.74, 6) is -0.928. The van der Waals surface area contributed by atoms with Crippen molar-refractivity contribution in [3.63, 3.8) is 0 Å². The van der Waals surface area contributed by atoms with Crippen LogP contribution < -0.4 is 34.7 Å². The average molecular weight is 260 g/mol. The van der Waals surface area contributed by atoms with E-state index >= 15 is 0 Å². The van der Waals surface area contributed by atoms with Crippen LogP contribution in [0.15, 0.2) is 23.3 Å². The summed E-state index contributed by atoms with van der Waals surface area (Å²) in [5.41, 5.74) is -0.915. The number of carbonyl (C=O) groups excluding carboxylic acids is 1. The van der Waals surface area contributed by atoms with Gasteiger partial charge in [0.1, 0.15) is 22.0 Å². The summed E-state index contributed by atoms with van der Waals surface area (Å²) in [4.78, 5) is 18.9. The van der Waals surface area contributed by atoms with Crippen LogP contribution in [0.1, 0.15) is 12.6 Å². The van der Waals surface area contributed by atoms with Crippen molar-refractivity contribution >= 4 is 22.8 Å². The van der Waals surface area contributed by atoms with Crippen molar-refractivity contribution in [2.75, 3.05) is 5.75 Å². The number of pyridine rings is 1. The number of carbonyl (C=O) groups is 1. The smallest absolute Gasteiger partial charge is 0.547 e. The van der Waals surface area contributed by atoms with Crippen molar-refractivity contribution in [1.82, 2.24) is 4.98 Å². The Kier molecular flexibility index (Phi) is 4.60. The molecular formula is C10H9N2NaO3S. The van der Waals surface area contributed by atoms with Gasteiger partial charge in [0, 0.05) is 11.9 Å². The Labute approximate surface area is 125 Å². The van der Waals surface area contributed by atoms with Crippen molar-refractivity contribution in [2.24, 2.45) is 4.99 Å². The van der Waals surface area contributed by atoms with Crippen LogP contribution in [0.2, 0.25) is 0 Å². The maximum atomic E-state index is 10.9. The van der Waals surface area contributed by atoms with Gasteiger partial charge in [-0.25, -0.2) is 0 Å². The number of thioether (sulfide) groups is 1. The van der Waals surface area contributed by atoms with Crippen molar-refractivity contribution < 1.29 is 44.6 Å². The molecule has 0 amide bonds. The molecule has 0 fully saturated rings. The SMILES string of the molecule is C[C@]1(C(=O)[O-])CSC(c2ncccc2O)=N1.[Na+]. The minimum Gasteiger partial charge on any atom is -0.547 e. The molecular weight excluding hydrogens is 251 g/mol. The molecule has 17 heavy (non-hydrogen) atoms. The van der Waals surface area contributed by atoms with Crippen LogP contribution in [-0.4, -0.2) is 32.4 Å². The number of aromatic nitrogens is 1. The van der Waals surface area contributed by atoms with E-state index in [0.717, 1.165) is 0 Å². The Balaban J connectivity index is 0.00000144. The summed E-state index contributed by atoms with van der Waals surface area (Å²) in [6, 6.07) is 3.08. The second kappa shape index (κ2) is 5.39. The maximum Gasteiger partial charge on any atom is 1.00 e. The fraction of sp³-hybridized carbons (Fsp3) is 0.300. The fourth-order valence-electron chi connectivity index (χ4n) is 1.29. The van der Waals surface area contributed by atoms with Gasteiger partial charge in [-0.2, -0.15) is 0 Å². The molecule has 0 aromatic carbocycles. The van der Waals surface area contributed by atoms with Gasteiger partial charge in [-0.05, 0) is 19.1 Å². The van der Waals surface area contributed by atoms with Gasteiger partial charge in [0.25, 0.3) is 0 Å². The molecule has 0 radical (unpaired) electrons. The number of aromatic hydroxyl groups is 1. The van der Waals surface area contributed by atoms with Gasteiger partial charge >= 0.3 is 29.6 Å². The quantitative estimate of drug-likeness (QED) is 0.566. The molecule has 0 spiro atoms. The molecule has 2 rings (SSSR count). The zero-order chi connectivity index (χ0) is 11.8. The monoisotopic (exact) mass is 260 g/mol. The predicted molar refractivity (Wildman–Crippen MR) is 58.3 cm³/mol. The number of carboxylic acid groups (broad SMARTS) is 1. The summed E-state index contributed by atoms with van der Waals surface area (Å²) in [5, 5.41) is 20.9. The largest absolute Gasteiger partial charge is 1.00 e. The first-order valence-corrected chi connectivity index (χ1v) is 5.60. The van der Waals surface area contributed by atoms with E-state index in [2.05, 4.69) is 9.98 Å². The van der Waals surface area contributed by atoms with Crippen LogP contribution in [0.4, 0.5) is 0 Å². The third kappa shape index (κ3) is 2.82. The van der Waals surface area contributed by atoms with Crippen molar-refractivity contribution in [3.05, 3.63) is 24.0 Å². The van der Waals surface area contributed by atoms with E-state index in [-0.39, 0.29) is 35.3 Å². The number of aliphatic carboxylic acids is 1. The Morgan fingerprint density at radius 1 is 1.65 bits per heavy atom. The van der Waals surface area contributed by atoms with Crippen LogP contribution in [0.5, 0.6) is 5.75 Å². The molecule has 1 aliphatic rings. The van der Waals surface area contributed by atoms with Crippen LogP contribution >= 0.6 is 11.8 Å². The van der Waals surface area contributed by atoms with Crippen LogP contribution in [-0.2, 0) is 4.79 Å². The molecule has 84 valence electrons. The van der Waals surface area contributed by atoms with E-state index in [4.69, 9.17) is 0 Å². The van der Waals surface area contributed by atoms with Gasteiger partial charge in [-0.1, -0.05) is 0 Å². The van der Waals surface area contributed by atoms with E-state index in [1.807, 2.05) is 0 Å². The van der Waals surface area contributed by atoms with E-state index in [1.54, 1.807) is 6.07 Å². The first kappa shape index (κ1) is 14.5. The summed E-state index contributed by atoms with van der Waals surface area (Å²) < 4.78 is 0. The van der Waals surface area contributed by atoms with Gasteiger partial charge in [0.2, 0.25) is 0 Å². The molecule has 5 nitrogen and oxygen atoms in total. The van der Waals surface area contributed by atoms with Crippen molar-refractivity contribution in [2.45, 2.75) is 12.5 Å². The number of hydrogen-bond acceptors (Lipinski definition) is 6. The van der Waals surface area contributed by atoms with Gasteiger partial charge in [-0.3, -0.25) is 9.98 Å². The van der Waals surface area contributed by atoms with E-state index in [0.29, 0.717) is 16.5 Å². The fourth-order valence-corrected chi connectivity index (χ4v) is 2.45. The molecule has 1 aliphatic heterocycles. The number of hydrogen-bond donors (Lipinski definition) is 1. The molecule has 0 saturated carbocycles. The van der Waals surface area contributed by atoms with Gasteiger partial charge in [0.05, 0.1) is 5.97 Å². The summed E-state index contributed by atoms with van der Waals surface area (Å²) >= 11 is 1.25. The van der Waals surface area contributed by atoms with E-state index in [1.165, 1.54) is 30.9 Å². The van der Waals surface area contributed by atoms with Crippen LogP contribution in [0.25, 0.3) is 0 Å². The van der Waals surface area contributed by atoms with E-state index in [9.17, 15) is 15.0 Å². The molecule has 1 aromatic rings. The number of nitrogens with zero attached hydrogens (tertiary/aromatic N) is 2. The summed E-state index contributed by atoms with van der Waals surface area (Å²) in [7, 11) is 0. The second-order valence-corrected chi connectivity index (χ2v) is 4.60. The van der Waals surface area contributed by atoms with Crippen LogP contribution in [0.3, 0.4) is 0 Å². The topological polar surface area (TPSA) is 85.6 Å². The maximum absolute atomic E-state index is 10.9. The first-order valence-electron chi connectivity index (χ1n) is 4.61. The molecule has 2 heterocycles. The Bertz CT molecular complexity index is 480. The molecule has 0 bridgehead atoms. The van der Waals surface area contributed by atoms with Gasteiger partial charge in [-0.15, -0.1) is 11.8 Å². The molecule has 1 aromatic heterocycles. The zero-order valence-electron chi connectivity index (χ0n) is 9.51. The minimum absolute atomic E-state index is 0. The molecule has 0 aliphatic carbocycles. The number of aliphatic imine (C=N–C) groups is 1. The predicted octanol–water partition coefficient (Wildman–Crippen LogP) is -3.21. The molecule has 1 atom stereocenters. The first-order chi connectivity index (χ1) is 7.53. The van der Waals surface area contributed by atoms with Gasteiger partial charge < -0.3 is 15.0 Å². The average Bonchev–Trinajstić information content (AvgIpc) is 2.63. The van der Waals surface area contributed by atoms with Crippen molar-refractivity contribution in [1.29, 1.82) is 0 Å². The normalized spacial score (nSPS) is 22.8. The molecule has 0 unspecified atom stereocenters. The second-order valence-electron chi connectivity index (χ2n) is 3.64. The minimum atomic E-state index is -1.23. The van der Waals surface area contributed by atoms with Crippen LogP contribution in [0, 0.1) is 0 Å². The molecule has 0 saturated heterocycles. The third-order valence-corrected chi connectivity index (χ3v) is 3.53. The van der Waals surface area contributed by atoms with E-state index < -0.39 is 11.5 Å². The Hall–Kier alpha value is -0.560. The Morgan fingerprint density at radius 3 is 2.88 bits per heavy atom. The number of carboxylic acids is 1. The standard InChI is InChI=1S/C10H10N2O3S.Na/c1-10(9(14)15)5-16-8(12-10)7-6(13)3-2-4-11-7;/h2-4,13H,5H2,1H3,(H,14,15);/q;+1/p-1/t10-;/m1./s1. The number of rotatable bonds is 2. The molecule has 1 N–H and O–H groups in total. The third-order valence-electron chi connectivity index (χ3n) is 2.27. The summed E-state index contributed by atoms with van der Waals surface area (Å²) in [6.07, 6.45) is 1.52. The van der Waals surface area contributed by atoms with Crippen molar-refractivity contribution in [3.8, 4) is 5.75 Å². The van der Waals surface area contributed by atoms with Gasteiger partial charge in [0.15, 0.2) is 0 Å². The zero-order valence-corrected chi connectivity index (χ0v) is 12.3.